The van der Waals surface area contributed by atoms with E-state index >= 15 is 0 Å². The molecule has 2 unspecified atom stereocenters. The molecule has 0 saturated carbocycles. The van der Waals surface area contributed by atoms with E-state index in [4.69, 9.17) is 4.74 Å². The van der Waals surface area contributed by atoms with Gasteiger partial charge in [-0.1, -0.05) is 6.08 Å². The van der Waals surface area contributed by atoms with Gasteiger partial charge >= 0.3 is 5.97 Å². The van der Waals surface area contributed by atoms with Crippen LogP contribution in [0.25, 0.3) is 0 Å². The number of phenols is 2. The van der Waals surface area contributed by atoms with Gasteiger partial charge in [-0.15, -0.1) is 0 Å². The first-order valence-electron chi connectivity index (χ1n) is 8.14. The first-order valence-corrected chi connectivity index (χ1v) is 8.14. The van der Waals surface area contributed by atoms with Gasteiger partial charge in [0.15, 0.2) is 11.5 Å². The van der Waals surface area contributed by atoms with Gasteiger partial charge in [-0.05, 0) is 54.5 Å². The highest BCUT2D eigenvalue weighted by Gasteiger charge is 2.58. The van der Waals surface area contributed by atoms with E-state index in [2.05, 4.69) is 11.0 Å². The van der Waals surface area contributed by atoms with E-state index in [9.17, 15) is 15.0 Å². The van der Waals surface area contributed by atoms with Crippen LogP contribution >= 0.6 is 0 Å². The molecule has 2 heterocycles. The molecule has 122 valence electrons. The Morgan fingerprint density at radius 1 is 1.35 bits per heavy atom. The van der Waals surface area contributed by atoms with Crippen LogP contribution < -0.4 is 0 Å². The van der Waals surface area contributed by atoms with Crippen LogP contribution in [0.3, 0.4) is 0 Å². The van der Waals surface area contributed by atoms with Crippen molar-refractivity contribution in [2.75, 3.05) is 20.2 Å². The number of methoxy groups -OCH3 is 1. The molecular weight excluding hydrogens is 294 g/mol. The second kappa shape index (κ2) is 4.99. The van der Waals surface area contributed by atoms with E-state index in [1.807, 2.05) is 0 Å². The number of benzene rings is 1. The Hall–Kier alpha value is -2.01. The largest absolute Gasteiger partial charge is 0.504 e. The second-order valence-electron chi connectivity index (χ2n) is 6.75. The van der Waals surface area contributed by atoms with Crippen molar-refractivity contribution >= 4 is 5.97 Å². The van der Waals surface area contributed by atoms with Crippen LogP contribution in [0.15, 0.2) is 23.8 Å². The molecule has 1 aromatic carbocycles. The molecule has 3 aliphatic rings. The van der Waals surface area contributed by atoms with E-state index in [0.717, 1.165) is 55.5 Å². The highest BCUT2D eigenvalue weighted by atomic mass is 16.5. The molecule has 0 spiro atoms. The Balaban J connectivity index is 1.92. The molecule has 1 aromatic rings. The third-order valence-corrected chi connectivity index (χ3v) is 5.69. The highest BCUT2D eigenvalue weighted by molar-refractivity contribution is 5.83. The number of rotatable bonds is 1. The maximum absolute atomic E-state index is 12.8. The van der Waals surface area contributed by atoms with Crippen LogP contribution in [0, 0.1) is 5.41 Å². The smallest absolute Gasteiger partial charge is 0.317 e. The van der Waals surface area contributed by atoms with Crippen molar-refractivity contribution < 1.29 is 19.7 Å². The molecule has 0 aromatic heterocycles. The van der Waals surface area contributed by atoms with Gasteiger partial charge in [0.1, 0.15) is 5.41 Å². The second-order valence-corrected chi connectivity index (χ2v) is 6.75. The quantitative estimate of drug-likeness (QED) is 0.473. The zero-order valence-corrected chi connectivity index (χ0v) is 13.2. The summed E-state index contributed by atoms with van der Waals surface area (Å²) >= 11 is 0. The number of allylic oxidation sites excluding steroid dienone is 1. The molecule has 2 atom stereocenters. The Bertz CT molecular complexity index is 711. The molecule has 1 saturated heterocycles. The molecule has 0 radical (unpaired) electrons. The molecule has 5 nitrogen and oxygen atoms in total. The Morgan fingerprint density at radius 2 is 2.13 bits per heavy atom. The van der Waals surface area contributed by atoms with E-state index in [0.29, 0.717) is 0 Å². The van der Waals surface area contributed by atoms with Crippen molar-refractivity contribution in [1.82, 2.24) is 4.90 Å². The number of carbonyl (C=O) groups excluding carboxylic acids is 1. The van der Waals surface area contributed by atoms with Crippen molar-refractivity contribution in [3.8, 4) is 11.5 Å². The van der Waals surface area contributed by atoms with Gasteiger partial charge in [0, 0.05) is 13.1 Å². The maximum Gasteiger partial charge on any atom is 0.317 e. The van der Waals surface area contributed by atoms with E-state index in [1.54, 1.807) is 12.1 Å². The molecule has 1 aliphatic carbocycles. The van der Waals surface area contributed by atoms with Crippen LogP contribution in [0.1, 0.15) is 36.4 Å². The number of esters is 1. The molecule has 4 rings (SSSR count). The lowest BCUT2D eigenvalue weighted by Gasteiger charge is -2.41. The van der Waals surface area contributed by atoms with Gasteiger partial charge < -0.3 is 14.9 Å². The lowest BCUT2D eigenvalue weighted by molar-refractivity contribution is -0.153. The first-order chi connectivity index (χ1) is 11.1. The van der Waals surface area contributed by atoms with Crippen LogP contribution in [0.5, 0.6) is 11.5 Å². The fourth-order valence-corrected chi connectivity index (χ4v) is 4.71. The summed E-state index contributed by atoms with van der Waals surface area (Å²) in [5.74, 6) is -0.406. The third kappa shape index (κ3) is 1.86. The molecule has 0 amide bonds. The number of fused-ring (bicyclic) bond motifs is 5. The van der Waals surface area contributed by atoms with E-state index in [-0.39, 0.29) is 23.5 Å². The van der Waals surface area contributed by atoms with Gasteiger partial charge in [-0.2, -0.15) is 0 Å². The van der Waals surface area contributed by atoms with Crippen LogP contribution in [-0.2, 0) is 16.0 Å². The predicted octanol–water partition coefficient (Wildman–Crippen LogP) is 2.28. The molecule has 0 bridgehead atoms. The minimum atomic E-state index is -0.647. The zero-order chi connectivity index (χ0) is 16.2. The summed E-state index contributed by atoms with van der Waals surface area (Å²) < 4.78 is 5.19. The SMILES string of the molecule is COC(=O)C12CCCC=C1CN1CCc3cc(O)c(O)cc3C12. The summed E-state index contributed by atoms with van der Waals surface area (Å²) in [6, 6.07) is 3.15. The molecule has 5 heteroatoms. The lowest BCUT2D eigenvalue weighted by Crippen LogP contribution is -2.43. The van der Waals surface area contributed by atoms with Crippen molar-refractivity contribution in [3.63, 3.8) is 0 Å². The number of ether oxygens (including phenoxy) is 1. The molecule has 23 heavy (non-hydrogen) atoms. The number of nitrogens with zero attached hydrogens (tertiary/aromatic N) is 1. The lowest BCUT2D eigenvalue weighted by atomic mass is 9.67. The summed E-state index contributed by atoms with van der Waals surface area (Å²) in [5, 5.41) is 19.8. The fraction of sp³-hybridized carbons (Fsp3) is 0.500. The summed E-state index contributed by atoms with van der Waals surface area (Å²) in [6.07, 6.45) is 5.74. The maximum atomic E-state index is 12.8. The molecular formula is C18H21NO4. The fourth-order valence-electron chi connectivity index (χ4n) is 4.71. The summed E-state index contributed by atoms with van der Waals surface area (Å²) in [5.41, 5.74) is 2.46. The van der Waals surface area contributed by atoms with Gasteiger partial charge in [0.05, 0.1) is 13.2 Å². The number of hydrogen-bond acceptors (Lipinski definition) is 5. The van der Waals surface area contributed by atoms with Crippen LogP contribution in [0.4, 0.5) is 0 Å². The van der Waals surface area contributed by atoms with Crippen molar-refractivity contribution in [2.24, 2.45) is 5.41 Å². The van der Waals surface area contributed by atoms with Crippen molar-refractivity contribution in [1.29, 1.82) is 0 Å². The van der Waals surface area contributed by atoms with Gasteiger partial charge in [-0.25, -0.2) is 0 Å². The Kier molecular flexibility index (Phi) is 3.17. The summed E-state index contributed by atoms with van der Waals surface area (Å²) in [4.78, 5) is 15.1. The van der Waals surface area contributed by atoms with E-state index < -0.39 is 5.41 Å². The minimum Gasteiger partial charge on any atom is -0.504 e. The average Bonchev–Trinajstić information content (AvgIpc) is 2.91. The Labute approximate surface area is 135 Å². The normalized spacial score (nSPS) is 29.3. The van der Waals surface area contributed by atoms with Gasteiger partial charge in [-0.3, -0.25) is 9.69 Å². The highest BCUT2D eigenvalue weighted by Crippen LogP contribution is 2.58. The average molecular weight is 315 g/mol. The van der Waals surface area contributed by atoms with Crippen LogP contribution in [0.2, 0.25) is 0 Å². The number of phenolic OH excluding ortho intramolecular Hbond substituents is 2. The van der Waals surface area contributed by atoms with Gasteiger partial charge in [0.25, 0.3) is 0 Å². The number of carbonyl (C=O) groups is 1. The standard InChI is InChI=1S/C18H21NO4/c1-23-17(22)18-6-3-2-4-12(18)10-19-7-5-11-8-14(20)15(21)9-13(11)16(18)19/h4,8-9,16,20-21H,2-3,5-7,10H2,1H3. The van der Waals surface area contributed by atoms with E-state index in [1.165, 1.54) is 7.11 Å². The number of hydrogen-bond donors (Lipinski definition) is 2. The predicted molar refractivity (Wildman–Crippen MR) is 84.2 cm³/mol. The molecule has 1 fully saturated rings. The summed E-state index contributed by atoms with van der Waals surface area (Å²) in [7, 11) is 1.45. The molecule has 2 aliphatic heterocycles. The van der Waals surface area contributed by atoms with Crippen molar-refractivity contribution in [3.05, 3.63) is 34.9 Å². The summed E-state index contributed by atoms with van der Waals surface area (Å²) in [6.45, 7) is 1.62. The van der Waals surface area contributed by atoms with Crippen molar-refractivity contribution in [2.45, 2.75) is 31.7 Å². The monoisotopic (exact) mass is 315 g/mol. The minimum absolute atomic E-state index is 0.0956. The Morgan fingerprint density at radius 3 is 2.91 bits per heavy atom. The van der Waals surface area contributed by atoms with Gasteiger partial charge in [0.2, 0.25) is 0 Å². The van der Waals surface area contributed by atoms with Crippen LogP contribution in [-0.4, -0.2) is 41.3 Å². The first kappa shape index (κ1) is 14.6. The topological polar surface area (TPSA) is 70.0 Å². The third-order valence-electron chi connectivity index (χ3n) is 5.69. The number of aromatic hydroxyl groups is 2. The zero-order valence-electron chi connectivity index (χ0n) is 13.2. The molecule has 2 N–H and O–H groups in total.